The van der Waals surface area contributed by atoms with E-state index in [-0.39, 0.29) is 5.91 Å². The molecule has 1 N–H and O–H groups in total. The van der Waals surface area contributed by atoms with Crippen LogP contribution in [0, 0.1) is 6.92 Å². The molecule has 24 heavy (non-hydrogen) atoms. The molecule has 0 aliphatic rings. The predicted octanol–water partition coefficient (Wildman–Crippen LogP) is 4.02. The molecular formula is C18H18N2O3S. The quantitative estimate of drug-likeness (QED) is 0.761. The molecular weight excluding hydrogens is 324 g/mol. The third-order valence-electron chi connectivity index (χ3n) is 3.58. The van der Waals surface area contributed by atoms with Gasteiger partial charge in [0.25, 0.3) is 5.91 Å². The molecule has 0 saturated carbocycles. The fourth-order valence-electron chi connectivity index (χ4n) is 2.29. The number of aryl methyl sites for hydroxylation is 1. The highest BCUT2D eigenvalue weighted by molar-refractivity contribution is 7.22. The van der Waals surface area contributed by atoms with Crippen molar-refractivity contribution in [3.8, 4) is 11.5 Å². The van der Waals surface area contributed by atoms with Gasteiger partial charge in [0, 0.05) is 0 Å². The summed E-state index contributed by atoms with van der Waals surface area (Å²) in [6.45, 7) is 3.72. The number of fused-ring (bicyclic) bond motifs is 1. The first-order valence-corrected chi connectivity index (χ1v) is 8.37. The zero-order valence-electron chi connectivity index (χ0n) is 13.7. The maximum Gasteiger partial charge on any atom is 0.266 e. The van der Waals surface area contributed by atoms with Gasteiger partial charge in [-0.3, -0.25) is 10.1 Å². The second-order valence-electron chi connectivity index (χ2n) is 5.34. The van der Waals surface area contributed by atoms with Gasteiger partial charge >= 0.3 is 0 Å². The Labute approximate surface area is 144 Å². The monoisotopic (exact) mass is 342 g/mol. The van der Waals surface area contributed by atoms with Gasteiger partial charge in [0.2, 0.25) is 0 Å². The number of rotatable bonds is 5. The second-order valence-corrected chi connectivity index (χ2v) is 6.34. The Kier molecular flexibility index (Phi) is 4.66. The molecule has 0 spiro atoms. The van der Waals surface area contributed by atoms with Crippen molar-refractivity contribution in [2.24, 2.45) is 0 Å². The van der Waals surface area contributed by atoms with Crippen LogP contribution in [0.1, 0.15) is 12.5 Å². The van der Waals surface area contributed by atoms with E-state index in [0.717, 1.165) is 15.8 Å². The van der Waals surface area contributed by atoms with Gasteiger partial charge in [0.05, 0.1) is 11.8 Å². The molecule has 6 heteroatoms. The van der Waals surface area contributed by atoms with Crippen LogP contribution in [0.3, 0.4) is 0 Å². The highest BCUT2D eigenvalue weighted by Crippen LogP contribution is 2.34. The lowest BCUT2D eigenvalue weighted by atomic mass is 10.2. The lowest BCUT2D eigenvalue weighted by molar-refractivity contribution is -0.122. The Hall–Kier alpha value is -2.60. The minimum Gasteiger partial charge on any atom is -0.494 e. The minimum atomic E-state index is -0.623. The Morgan fingerprint density at radius 2 is 1.96 bits per heavy atom. The fourth-order valence-corrected chi connectivity index (χ4v) is 3.25. The second kappa shape index (κ2) is 6.88. The van der Waals surface area contributed by atoms with Crippen LogP contribution in [-0.4, -0.2) is 24.1 Å². The summed E-state index contributed by atoms with van der Waals surface area (Å²) in [6, 6.07) is 13.1. The Morgan fingerprint density at radius 1 is 1.21 bits per heavy atom. The summed E-state index contributed by atoms with van der Waals surface area (Å²) < 4.78 is 12.0. The van der Waals surface area contributed by atoms with Gasteiger partial charge in [-0.25, -0.2) is 4.98 Å². The van der Waals surface area contributed by atoms with Crippen LogP contribution in [0.2, 0.25) is 0 Å². The number of carbonyl (C=O) groups excluding carboxylic acids is 1. The van der Waals surface area contributed by atoms with Crippen molar-refractivity contribution >= 4 is 32.6 Å². The number of hydrogen-bond donors (Lipinski definition) is 1. The fraction of sp³-hybridized carbons (Fsp3) is 0.222. The number of thiazole rings is 1. The molecule has 0 saturated heterocycles. The van der Waals surface area contributed by atoms with Gasteiger partial charge < -0.3 is 9.47 Å². The lowest BCUT2D eigenvalue weighted by Crippen LogP contribution is -2.30. The number of nitrogens with zero attached hydrogens (tertiary/aromatic N) is 1. The number of carbonyl (C=O) groups is 1. The molecule has 2 aromatic carbocycles. The largest absolute Gasteiger partial charge is 0.494 e. The number of aromatic nitrogens is 1. The van der Waals surface area contributed by atoms with E-state index in [1.54, 1.807) is 14.0 Å². The molecule has 1 unspecified atom stereocenters. The van der Waals surface area contributed by atoms with Crippen molar-refractivity contribution in [1.29, 1.82) is 0 Å². The normalized spacial score (nSPS) is 12.0. The predicted molar refractivity (Wildman–Crippen MR) is 96.1 cm³/mol. The van der Waals surface area contributed by atoms with Gasteiger partial charge in [0.1, 0.15) is 17.0 Å². The van der Waals surface area contributed by atoms with E-state index < -0.39 is 6.10 Å². The van der Waals surface area contributed by atoms with Crippen molar-refractivity contribution in [3.63, 3.8) is 0 Å². The van der Waals surface area contributed by atoms with Crippen LogP contribution >= 0.6 is 11.3 Å². The summed E-state index contributed by atoms with van der Waals surface area (Å²) >= 11 is 1.43. The molecule has 1 heterocycles. The highest BCUT2D eigenvalue weighted by atomic mass is 32.1. The molecule has 5 nitrogen and oxygen atoms in total. The number of anilines is 1. The first-order chi connectivity index (χ1) is 11.6. The van der Waals surface area contributed by atoms with E-state index in [9.17, 15) is 4.79 Å². The minimum absolute atomic E-state index is 0.241. The number of hydrogen-bond acceptors (Lipinski definition) is 5. The molecule has 0 fully saturated rings. The molecule has 0 aliphatic carbocycles. The Morgan fingerprint density at radius 3 is 2.67 bits per heavy atom. The first kappa shape index (κ1) is 16.3. The van der Waals surface area contributed by atoms with E-state index >= 15 is 0 Å². The van der Waals surface area contributed by atoms with Crippen LogP contribution in [0.5, 0.6) is 11.5 Å². The van der Waals surface area contributed by atoms with Crippen LogP contribution < -0.4 is 14.8 Å². The summed E-state index contributed by atoms with van der Waals surface area (Å²) in [7, 11) is 1.61. The number of amides is 1. The summed E-state index contributed by atoms with van der Waals surface area (Å²) in [5.41, 5.74) is 1.85. The number of benzene rings is 2. The summed E-state index contributed by atoms with van der Waals surface area (Å²) in [6.07, 6.45) is -0.623. The third kappa shape index (κ3) is 3.33. The molecule has 3 aromatic rings. The summed E-state index contributed by atoms with van der Waals surface area (Å²) in [4.78, 5) is 16.8. The van der Waals surface area contributed by atoms with E-state index in [1.807, 2.05) is 49.4 Å². The zero-order valence-corrected chi connectivity index (χ0v) is 14.5. The van der Waals surface area contributed by atoms with Gasteiger partial charge in [-0.1, -0.05) is 35.6 Å². The van der Waals surface area contributed by atoms with Crippen LogP contribution in [0.15, 0.2) is 42.5 Å². The lowest BCUT2D eigenvalue weighted by Gasteiger charge is -2.13. The third-order valence-corrected chi connectivity index (χ3v) is 4.68. The number of nitrogens with one attached hydrogen (secondary N) is 1. The van der Waals surface area contributed by atoms with E-state index in [0.29, 0.717) is 16.6 Å². The molecule has 124 valence electrons. The van der Waals surface area contributed by atoms with Crippen molar-refractivity contribution in [2.45, 2.75) is 20.0 Å². The van der Waals surface area contributed by atoms with Crippen molar-refractivity contribution in [3.05, 3.63) is 48.0 Å². The molecule has 3 rings (SSSR count). The van der Waals surface area contributed by atoms with E-state index in [2.05, 4.69) is 10.3 Å². The molecule has 1 atom stereocenters. The van der Waals surface area contributed by atoms with Crippen molar-refractivity contribution in [1.82, 2.24) is 4.98 Å². The Bertz CT molecular complexity index is 861. The van der Waals surface area contributed by atoms with Crippen LogP contribution in [-0.2, 0) is 4.79 Å². The van der Waals surface area contributed by atoms with Crippen LogP contribution in [0.25, 0.3) is 10.2 Å². The van der Waals surface area contributed by atoms with E-state index in [1.165, 1.54) is 11.3 Å². The smallest absolute Gasteiger partial charge is 0.266 e. The van der Waals surface area contributed by atoms with E-state index in [4.69, 9.17) is 9.47 Å². The van der Waals surface area contributed by atoms with Gasteiger partial charge in [-0.05, 0) is 37.6 Å². The van der Waals surface area contributed by atoms with Gasteiger partial charge in [-0.15, -0.1) is 0 Å². The number of ether oxygens (including phenoxy) is 2. The van der Waals surface area contributed by atoms with Crippen molar-refractivity contribution in [2.75, 3.05) is 12.4 Å². The zero-order chi connectivity index (χ0) is 17.1. The highest BCUT2D eigenvalue weighted by Gasteiger charge is 2.18. The van der Waals surface area contributed by atoms with Crippen molar-refractivity contribution < 1.29 is 14.3 Å². The van der Waals surface area contributed by atoms with Gasteiger partial charge in [-0.2, -0.15) is 0 Å². The molecule has 1 aromatic heterocycles. The molecule has 1 amide bonds. The molecule has 0 bridgehead atoms. The molecule has 0 radical (unpaired) electrons. The summed E-state index contributed by atoms with van der Waals surface area (Å²) in [5, 5.41) is 3.35. The SMILES string of the molecule is COc1ccc(C)c2sc(NC(=O)C(C)Oc3ccccc3)nc12. The topological polar surface area (TPSA) is 60.5 Å². The maximum atomic E-state index is 12.3. The number of methoxy groups -OCH3 is 1. The van der Waals surface area contributed by atoms with Gasteiger partial charge in [0.15, 0.2) is 11.2 Å². The first-order valence-electron chi connectivity index (χ1n) is 7.55. The van der Waals surface area contributed by atoms with Crippen LogP contribution in [0.4, 0.5) is 5.13 Å². The maximum absolute atomic E-state index is 12.3. The standard InChI is InChI=1S/C18H18N2O3S/c1-11-9-10-14(22-3)15-16(11)24-18(19-15)20-17(21)12(2)23-13-7-5-4-6-8-13/h4-10,12H,1-3H3,(H,19,20,21). The molecule has 0 aliphatic heterocycles. The average molecular weight is 342 g/mol. The average Bonchev–Trinajstić information content (AvgIpc) is 3.00. The summed E-state index contributed by atoms with van der Waals surface area (Å²) in [5.74, 6) is 1.11. The number of para-hydroxylation sites is 1. The Balaban J connectivity index is 1.77.